The third-order valence-corrected chi connectivity index (χ3v) is 4.47. The molecule has 1 saturated carbocycles. The number of aromatic nitrogens is 3. The maximum Gasteiger partial charge on any atom is 0.133 e. The molecule has 0 spiro atoms. The fraction of sp³-hybridized carbons (Fsp3) is 0.818. The second-order valence-corrected chi connectivity index (χ2v) is 5.52. The van der Waals surface area contributed by atoms with Gasteiger partial charge in [-0.15, -0.1) is 10.2 Å². The molecule has 0 saturated heterocycles. The fourth-order valence-electron chi connectivity index (χ4n) is 3.48. The second-order valence-electron chi connectivity index (χ2n) is 5.52. The molecule has 3 heteroatoms. The Kier molecular flexibility index (Phi) is 1.44. The van der Waals surface area contributed by atoms with Gasteiger partial charge in [0.05, 0.1) is 0 Å². The van der Waals surface area contributed by atoms with E-state index >= 15 is 0 Å². The normalized spacial score (nSPS) is 38.4. The van der Waals surface area contributed by atoms with Crippen LogP contribution in [0.3, 0.4) is 0 Å². The first-order chi connectivity index (χ1) is 6.60. The molecule has 3 aliphatic rings. The summed E-state index contributed by atoms with van der Waals surface area (Å²) in [5.74, 6) is 2.82. The standard InChI is InChI=1S/C11H17N3/c1-7-4-10-13-12-6-14(10)9-5-8(7)11(9,2)3/h6-9H,4-5H2,1-3H3. The van der Waals surface area contributed by atoms with Crippen LogP contribution in [0.4, 0.5) is 0 Å². The predicted octanol–water partition coefficient (Wildman–Crippen LogP) is 2.06. The van der Waals surface area contributed by atoms with E-state index in [9.17, 15) is 0 Å². The fourth-order valence-corrected chi connectivity index (χ4v) is 3.48. The van der Waals surface area contributed by atoms with E-state index in [1.807, 2.05) is 6.33 Å². The predicted molar refractivity (Wildman–Crippen MR) is 53.8 cm³/mol. The van der Waals surface area contributed by atoms with Crippen molar-refractivity contribution in [1.29, 1.82) is 0 Å². The molecule has 2 aliphatic heterocycles. The average Bonchev–Trinajstić information content (AvgIpc) is 2.44. The molecule has 3 unspecified atom stereocenters. The maximum atomic E-state index is 4.22. The van der Waals surface area contributed by atoms with Crippen molar-refractivity contribution in [3.05, 3.63) is 12.2 Å². The molecule has 3 heterocycles. The minimum Gasteiger partial charge on any atom is -0.314 e. The Labute approximate surface area is 84.5 Å². The smallest absolute Gasteiger partial charge is 0.133 e. The maximum absolute atomic E-state index is 4.22. The highest BCUT2D eigenvalue weighted by molar-refractivity contribution is 5.10. The SMILES string of the molecule is CC1Cc2nncn2C2CC1C2(C)C. The molecular weight excluding hydrogens is 174 g/mol. The first-order valence-electron chi connectivity index (χ1n) is 5.49. The Hall–Kier alpha value is -0.860. The van der Waals surface area contributed by atoms with Crippen LogP contribution in [-0.4, -0.2) is 14.8 Å². The van der Waals surface area contributed by atoms with Gasteiger partial charge in [-0.05, 0) is 23.7 Å². The van der Waals surface area contributed by atoms with E-state index in [1.54, 1.807) is 0 Å². The molecule has 0 aromatic carbocycles. The Morgan fingerprint density at radius 1 is 1.50 bits per heavy atom. The molecule has 1 aromatic rings. The van der Waals surface area contributed by atoms with E-state index in [4.69, 9.17) is 0 Å². The number of hydrogen-bond acceptors (Lipinski definition) is 2. The summed E-state index contributed by atoms with van der Waals surface area (Å²) >= 11 is 0. The quantitative estimate of drug-likeness (QED) is 0.628. The minimum absolute atomic E-state index is 0.438. The van der Waals surface area contributed by atoms with Crippen LogP contribution in [0.5, 0.6) is 0 Å². The molecule has 76 valence electrons. The zero-order valence-electron chi connectivity index (χ0n) is 9.07. The first kappa shape index (κ1) is 8.45. The summed E-state index contributed by atoms with van der Waals surface area (Å²) in [6.45, 7) is 7.13. The van der Waals surface area contributed by atoms with Crippen LogP contribution < -0.4 is 0 Å². The number of rotatable bonds is 0. The van der Waals surface area contributed by atoms with E-state index < -0.39 is 0 Å². The highest BCUT2D eigenvalue weighted by Crippen LogP contribution is 2.59. The van der Waals surface area contributed by atoms with Crippen LogP contribution in [0.1, 0.15) is 39.1 Å². The van der Waals surface area contributed by atoms with Crippen LogP contribution in [0.25, 0.3) is 0 Å². The molecule has 0 N–H and O–H groups in total. The summed E-state index contributed by atoms with van der Waals surface area (Å²) in [6.07, 6.45) is 4.33. The monoisotopic (exact) mass is 191 g/mol. The largest absolute Gasteiger partial charge is 0.314 e. The molecule has 0 amide bonds. The molecular formula is C11H17N3. The Morgan fingerprint density at radius 3 is 3.00 bits per heavy atom. The van der Waals surface area contributed by atoms with Crippen molar-refractivity contribution in [2.75, 3.05) is 0 Å². The number of hydrogen-bond donors (Lipinski definition) is 0. The van der Waals surface area contributed by atoms with Crippen molar-refractivity contribution in [3.63, 3.8) is 0 Å². The van der Waals surface area contributed by atoms with Crippen molar-refractivity contribution in [3.8, 4) is 0 Å². The van der Waals surface area contributed by atoms with Gasteiger partial charge in [-0.3, -0.25) is 0 Å². The topological polar surface area (TPSA) is 30.7 Å². The summed E-state index contributed by atoms with van der Waals surface area (Å²) in [5, 5.41) is 8.26. The van der Waals surface area contributed by atoms with E-state index in [0.717, 1.165) is 18.3 Å². The van der Waals surface area contributed by atoms with Gasteiger partial charge >= 0.3 is 0 Å². The highest BCUT2D eigenvalue weighted by atomic mass is 15.3. The van der Waals surface area contributed by atoms with Crippen LogP contribution in [0.2, 0.25) is 0 Å². The lowest BCUT2D eigenvalue weighted by Crippen LogP contribution is -2.46. The third kappa shape index (κ3) is 0.830. The van der Waals surface area contributed by atoms with E-state index in [1.165, 1.54) is 12.2 Å². The lowest BCUT2D eigenvalue weighted by atomic mass is 9.55. The molecule has 1 aromatic heterocycles. The summed E-state index contributed by atoms with van der Waals surface area (Å²) in [7, 11) is 0. The van der Waals surface area contributed by atoms with Crippen LogP contribution >= 0.6 is 0 Å². The summed E-state index contributed by atoms with van der Waals surface area (Å²) in [6, 6.07) is 0.641. The van der Waals surface area contributed by atoms with Crippen molar-refractivity contribution < 1.29 is 0 Å². The second kappa shape index (κ2) is 2.38. The zero-order chi connectivity index (χ0) is 9.92. The van der Waals surface area contributed by atoms with Gasteiger partial charge in [0.2, 0.25) is 0 Å². The van der Waals surface area contributed by atoms with Gasteiger partial charge < -0.3 is 4.57 Å². The van der Waals surface area contributed by atoms with Crippen LogP contribution in [-0.2, 0) is 6.42 Å². The van der Waals surface area contributed by atoms with Gasteiger partial charge in [-0.1, -0.05) is 20.8 Å². The van der Waals surface area contributed by atoms with Crippen molar-refractivity contribution >= 4 is 0 Å². The van der Waals surface area contributed by atoms with E-state index in [-0.39, 0.29) is 0 Å². The average molecular weight is 191 g/mol. The van der Waals surface area contributed by atoms with Crippen molar-refractivity contribution in [1.82, 2.24) is 14.8 Å². The first-order valence-corrected chi connectivity index (χ1v) is 5.49. The third-order valence-electron chi connectivity index (χ3n) is 4.47. The Bertz CT molecular complexity index is 366. The highest BCUT2D eigenvalue weighted by Gasteiger charge is 2.53. The summed E-state index contributed by atoms with van der Waals surface area (Å²) < 4.78 is 2.31. The summed E-state index contributed by atoms with van der Waals surface area (Å²) in [4.78, 5) is 0. The molecule has 3 nitrogen and oxygen atoms in total. The number of fused-ring (bicyclic) bond motifs is 1. The molecule has 14 heavy (non-hydrogen) atoms. The Morgan fingerprint density at radius 2 is 2.29 bits per heavy atom. The summed E-state index contributed by atoms with van der Waals surface area (Å²) in [5.41, 5.74) is 0.438. The van der Waals surface area contributed by atoms with Crippen LogP contribution in [0.15, 0.2) is 6.33 Å². The lowest BCUT2D eigenvalue weighted by Gasteiger charge is -2.53. The lowest BCUT2D eigenvalue weighted by molar-refractivity contribution is -0.0306. The van der Waals surface area contributed by atoms with Gasteiger partial charge in [0.15, 0.2) is 0 Å². The van der Waals surface area contributed by atoms with Gasteiger partial charge in [0.25, 0.3) is 0 Å². The van der Waals surface area contributed by atoms with Gasteiger partial charge in [-0.2, -0.15) is 0 Å². The van der Waals surface area contributed by atoms with Gasteiger partial charge in [-0.25, -0.2) is 0 Å². The molecule has 1 fully saturated rings. The molecule has 1 aliphatic carbocycles. The Balaban J connectivity index is 2.11. The van der Waals surface area contributed by atoms with Crippen molar-refractivity contribution in [2.24, 2.45) is 17.3 Å². The molecule has 0 radical (unpaired) electrons. The van der Waals surface area contributed by atoms with Crippen molar-refractivity contribution in [2.45, 2.75) is 39.7 Å². The van der Waals surface area contributed by atoms with Crippen LogP contribution in [0, 0.1) is 17.3 Å². The molecule has 2 bridgehead atoms. The number of nitrogens with zero attached hydrogens (tertiary/aromatic N) is 3. The van der Waals surface area contributed by atoms with E-state index in [0.29, 0.717) is 11.5 Å². The zero-order valence-corrected chi connectivity index (χ0v) is 9.07. The molecule has 4 rings (SSSR count). The van der Waals surface area contributed by atoms with E-state index in [2.05, 4.69) is 35.5 Å². The van der Waals surface area contributed by atoms with Gasteiger partial charge in [0.1, 0.15) is 12.2 Å². The minimum atomic E-state index is 0.438. The van der Waals surface area contributed by atoms with Gasteiger partial charge in [0, 0.05) is 12.5 Å². The molecule has 3 atom stereocenters.